The molecule has 2 heterocycles. The smallest absolute Gasteiger partial charge is 0.220 e. The number of rotatable bonds is 1. The van der Waals surface area contributed by atoms with Crippen molar-refractivity contribution in [3.8, 4) is 0 Å². The van der Waals surface area contributed by atoms with E-state index < -0.39 is 25.9 Å². The van der Waals surface area contributed by atoms with Crippen molar-refractivity contribution in [2.24, 2.45) is 5.92 Å². The predicted octanol–water partition coefficient (Wildman–Crippen LogP) is 0.388. The van der Waals surface area contributed by atoms with Crippen LogP contribution in [0, 0.1) is 5.92 Å². The van der Waals surface area contributed by atoms with E-state index in [9.17, 15) is 18.0 Å². The van der Waals surface area contributed by atoms with Gasteiger partial charge in [-0.05, 0) is 27.2 Å². The van der Waals surface area contributed by atoms with E-state index in [-0.39, 0.29) is 24.2 Å². The summed E-state index contributed by atoms with van der Waals surface area (Å²) in [5, 5.41) is -0.578. The first-order chi connectivity index (χ1) is 8.09. The molecular weight excluding hydrogens is 254 g/mol. The zero-order valence-electron chi connectivity index (χ0n) is 11.1. The molecule has 6 heteroatoms. The van der Waals surface area contributed by atoms with Crippen molar-refractivity contribution in [1.29, 1.82) is 0 Å². The van der Waals surface area contributed by atoms with Gasteiger partial charge >= 0.3 is 0 Å². The van der Waals surface area contributed by atoms with Crippen LogP contribution in [0.5, 0.6) is 0 Å². The van der Waals surface area contributed by atoms with Crippen LogP contribution < -0.4 is 0 Å². The maximum Gasteiger partial charge on any atom is 0.220 e. The van der Waals surface area contributed by atoms with Gasteiger partial charge in [-0.1, -0.05) is 0 Å². The zero-order valence-corrected chi connectivity index (χ0v) is 12.0. The molecule has 0 spiro atoms. The SMILES string of the molecule is CC(=O)[C@@H]1C2CC(C)(C)S(=O)(=O)C2CN1C(C)=O. The number of hydrogen-bond donors (Lipinski definition) is 0. The summed E-state index contributed by atoms with van der Waals surface area (Å²) in [6, 6.07) is -0.566. The topological polar surface area (TPSA) is 71.5 Å². The van der Waals surface area contributed by atoms with Gasteiger partial charge in [0.05, 0.1) is 16.0 Å². The third-order valence-electron chi connectivity index (χ3n) is 4.31. The lowest BCUT2D eigenvalue weighted by Gasteiger charge is -2.27. The minimum atomic E-state index is -3.28. The Balaban J connectivity index is 2.45. The second kappa shape index (κ2) is 3.79. The molecule has 1 amide bonds. The Morgan fingerprint density at radius 1 is 1.22 bits per heavy atom. The van der Waals surface area contributed by atoms with Gasteiger partial charge in [-0.2, -0.15) is 0 Å². The molecule has 102 valence electrons. The van der Waals surface area contributed by atoms with Crippen LogP contribution in [0.1, 0.15) is 34.1 Å². The molecule has 0 aromatic rings. The van der Waals surface area contributed by atoms with E-state index in [0.29, 0.717) is 6.42 Å². The fourth-order valence-electron chi connectivity index (χ4n) is 3.39. The molecule has 5 nitrogen and oxygen atoms in total. The Hall–Kier alpha value is -0.910. The second-order valence-electron chi connectivity index (χ2n) is 5.94. The third kappa shape index (κ3) is 1.61. The van der Waals surface area contributed by atoms with Gasteiger partial charge in [-0.25, -0.2) is 8.42 Å². The van der Waals surface area contributed by atoms with Crippen molar-refractivity contribution in [3.05, 3.63) is 0 Å². The average Bonchev–Trinajstić information content (AvgIpc) is 2.62. The largest absolute Gasteiger partial charge is 0.331 e. The number of ketones is 1. The van der Waals surface area contributed by atoms with Crippen molar-refractivity contribution >= 4 is 21.5 Å². The van der Waals surface area contributed by atoms with E-state index in [0.717, 1.165) is 0 Å². The van der Waals surface area contributed by atoms with Crippen molar-refractivity contribution in [3.63, 3.8) is 0 Å². The first-order valence-corrected chi connectivity index (χ1v) is 7.65. The lowest BCUT2D eigenvalue weighted by Crippen LogP contribution is -2.43. The highest BCUT2D eigenvalue weighted by molar-refractivity contribution is 7.93. The van der Waals surface area contributed by atoms with Gasteiger partial charge < -0.3 is 4.90 Å². The van der Waals surface area contributed by atoms with Crippen LogP contribution in [0.15, 0.2) is 0 Å². The molecule has 0 saturated carbocycles. The van der Waals surface area contributed by atoms with E-state index in [2.05, 4.69) is 0 Å². The Kier molecular flexibility index (Phi) is 2.85. The molecule has 18 heavy (non-hydrogen) atoms. The molecular formula is C12H19NO4S. The van der Waals surface area contributed by atoms with Gasteiger partial charge in [0.1, 0.15) is 0 Å². The summed E-state index contributed by atoms with van der Waals surface area (Å²) in [5.74, 6) is -0.588. The first kappa shape index (κ1) is 13.5. The van der Waals surface area contributed by atoms with E-state index in [4.69, 9.17) is 0 Å². The fourth-order valence-corrected chi connectivity index (χ4v) is 5.69. The predicted molar refractivity (Wildman–Crippen MR) is 66.7 cm³/mol. The van der Waals surface area contributed by atoms with Crippen LogP contribution in [-0.4, -0.2) is 47.6 Å². The van der Waals surface area contributed by atoms with Crippen LogP contribution >= 0.6 is 0 Å². The Morgan fingerprint density at radius 3 is 2.22 bits per heavy atom. The number of hydrogen-bond acceptors (Lipinski definition) is 4. The number of nitrogens with zero attached hydrogens (tertiary/aromatic N) is 1. The van der Waals surface area contributed by atoms with Gasteiger partial charge in [0.15, 0.2) is 15.6 Å². The monoisotopic (exact) mass is 273 g/mol. The average molecular weight is 273 g/mol. The number of Topliss-reactive ketones (excluding diaryl/α,β-unsaturated/α-hetero) is 1. The third-order valence-corrected chi connectivity index (χ3v) is 7.32. The standard InChI is InChI=1S/C12H19NO4S/c1-7(14)11-9-5-12(3,4)18(16,17)10(9)6-13(11)8(2)15/h9-11H,5-6H2,1-4H3/t9?,10?,11-/m1/s1. The van der Waals surface area contributed by atoms with Crippen LogP contribution in [0.2, 0.25) is 0 Å². The summed E-state index contributed by atoms with van der Waals surface area (Å²) in [5.41, 5.74) is 0. The number of fused-ring (bicyclic) bond motifs is 1. The van der Waals surface area contributed by atoms with E-state index in [1.54, 1.807) is 13.8 Å². The fraction of sp³-hybridized carbons (Fsp3) is 0.833. The highest BCUT2D eigenvalue weighted by atomic mass is 32.2. The number of carbonyl (C=O) groups is 2. The maximum atomic E-state index is 12.4. The minimum Gasteiger partial charge on any atom is -0.331 e. The number of likely N-dealkylation sites (tertiary alicyclic amines) is 1. The Bertz CT molecular complexity index is 508. The molecule has 3 atom stereocenters. The Morgan fingerprint density at radius 2 is 1.78 bits per heavy atom. The summed E-state index contributed by atoms with van der Waals surface area (Å²) >= 11 is 0. The van der Waals surface area contributed by atoms with Gasteiger partial charge in [0.25, 0.3) is 0 Å². The molecule has 2 aliphatic rings. The molecule has 0 aromatic heterocycles. The molecule has 0 aromatic carbocycles. The summed E-state index contributed by atoms with van der Waals surface area (Å²) in [6.07, 6.45) is 0.452. The lowest BCUT2D eigenvalue weighted by molar-refractivity contribution is -0.136. The summed E-state index contributed by atoms with van der Waals surface area (Å²) in [7, 11) is -3.28. The normalized spacial score (nSPS) is 36.4. The lowest BCUT2D eigenvalue weighted by atomic mass is 9.89. The quantitative estimate of drug-likeness (QED) is 0.693. The van der Waals surface area contributed by atoms with Crippen molar-refractivity contribution in [1.82, 2.24) is 4.90 Å². The minimum absolute atomic E-state index is 0.120. The van der Waals surface area contributed by atoms with Crippen molar-refractivity contribution < 1.29 is 18.0 Å². The van der Waals surface area contributed by atoms with Crippen LogP contribution in [0.3, 0.4) is 0 Å². The Labute approximate surface area is 107 Å². The van der Waals surface area contributed by atoms with Crippen LogP contribution in [0.4, 0.5) is 0 Å². The molecule has 2 rings (SSSR count). The summed E-state index contributed by atoms with van der Waals surface area (Å²) in [6.45, 7) is 6.39. The number of amides is 1. The van der Waals surface area contributed by atoms with E-state index >= 15 is 0 Å². The molecule has 2 aliphatic heterocycles. The van der Waals surface area contributed by atoms with E-state index in [1.807, 2.05) is 0 Å². The number of sulfone groups is 1. The molecule has 2 unspecified atom stereocenters. The van der Waals surface area contributed by atoms with Gasteiger partial charge in [-0.3, -0.25) is 9.59 Å². The van der Waals surface area contributed by atoms with Crippen LogP contribution in [-0.2, 0) is 19.4 Å². The van der Waals surface area contributed by atoms with Gasteiger partial charge in [0, 0.05) is 19.4 Å². The molecule has 2 saturated heterocycles. The molecule has 0 aliphatic carbocycles. The van der Waals surface area contributed by atoms with E-state index in [1.165, 1.54) is 18.7 Å². The van der Waals surface area contributed by atoms with Crippen molar-refractivity contribution in [2.45, 2.75) is 50.2 Å². The second-order valence-corrected chi connectivity index (χ2v) is 8.74. The number of carbonyl (C=O) groups excluding carboxylic acids is 2. The maximum absolute atomic E-state index is 12.4. The zero-order chi connectivity index (χ0) is 13.9. The first-order valence-electron chi connectivity index (χ1n) is 6.10. The van der Waals surface area contributed by atoms with Crippen molar-refractivity contribution in [2.75, 3.05) is 6.54 Å². The molecule has 0 N–H and O–H groups in total. The molecule has 2 fully saturated rings. The highest BCUT2D eigenvalue weighted by Gasteiger charge is 2.61. The van der Waals surface area contributed by atoms with Gasteiger partial charge in [0.2, 0.25) is 5.91 Å². The summed E-state index contributed by atoms with van der Waals surface area (Å²) < 4.78 is 24.0. The van der Waals surface area contributed by atoms with Crippen LogP contribution in [0.25, 0.3) is 0 Å². The summed E-state index contributed by atoms with van der Waals surface area (Å²) in [4.78, 5) is 24.7. The molecule has 0 bridgehead atoms. The molecule has 0 radical (unpaired) electrons. The van der Waals surface area contributed by atoms with Gasteiger partial charge in [-0.15, -0.1) is 0 Å². The highest BCUT2D eigenvalue weighted by Crippen LogP contribution is 2.47.